The van der Waals surface area contributed by atoms with Gasteiger partial charge in [0.1, 0.15) is 6.33 Å². The van der Waals surface area contributed by atoms with Gasteiger partial charge in [-0.1, -0.05) is 0 Å². The van der Waals surface area contributed by atoms with Crippen LogP contribution in [0.15, 0.2) is 6.33 Å². The van der Waals surface area contributed by atoms with Crippen molar-refractivity contribution >= 4 is 17.5 Å². The molecule has 0 bridgehead atoms. The van der Waals surface area contributed by atoms with Crippen molar-refractivity contribution in [3.8, 4) is 5.88 Å². The minimum atomic E-state index is -0.843. The first-order chi connectivity index (χ1) is 9.52. The minimum absolute atomic E-state index is 0.0536. The number of nitrogens with zero attached hydrogens (tertiary/aromatic N) is 3. The van der Waals surface area contributed by atoms with Crippen LogP contribution in [-0.4, -0.2) is 39.1 Å². The first kappa shape index (κ1) is 14.0. The molecule has 1 aromatic rings. The van der Waals surface area contributed by atoms with Crippen LogP contribution < -0.4 is 10.1 Å². The van der Waals surface area contributed by atoms with Crippen LogP contribution >= 0.6 is 0 Å². The van der Waals surface area contributed by atoms with E-state index in [9.17, 15) is 14.9 Å². The summed E-state index contributed by atoms with van der Waals surface area (Å²) in [5.74, 6) is -1.34. The van der Waals surface area contributed by atoms with Gasteiger partial charge < -0.3 is 15.2 Å². The predicted molar refractivity (Wildman–Crippen MR) is 67.6 cm³/mol. The maximum absolute atomic E-state index is 11.1. The number of nitro groups is 1. The average Bonchev–Trinajstić information content (AvgIpc) is 2.86. The molecule has 2 rings (SSSR count). The lowest BCUT2D eigenvalue weighted by Gasteiger charge is -2.13. The summed E-state index contributed by atoms with van der Waals surface area (Å²) in [7, 11) is 1.29. The Hall–Kier alpha value is -2.45. The topological polar surface area (TPSA) is 127 Å². The van der Waals surface area contributed by atoms with Gasteiger partial charge in [-0.3, -0.25) is 14.9 Å². The second-order valence-corrected chi connectivity index (χ2v) is 4.53. The number of ether oxygens (including phenoxy) is 1. The van der Waals surface area contributed by atoms with E-state index in [0.29, 0.717) is 19.3 Å². The van der Waals surface area contributed by atoms with Crippen LogP contribution in [0.3, 0.4) is 0 Å². The molecule has 0 aliphatic heterocycles. The molecule has 0 spiro atoms. The highest BCUT2D eigenvalue weighted by Gasteiger charge is 2.32. The van der Waals surface area contributed by atoms with Crippen molar-refractivity contribution in [2.75, 3.05) is 12.4 Å². The van der Waals surface area contributed by atoms with Crippen molar-refractivity contribution in [1.82, 2.24) is 9.97 Å². The molecule has 1 aliphatic carbocycles. The number of aromatic nitrogens is 2. The Bertz CT molecular complexity index is 536. The molecule has 1 aliphatic rings. The minimum Gasteiger partial charge on any atom is -0.481 e. The van der Waals surface area contributed by atoms with Crippen LogP contribution in [0.1, 0.15) is 19.3 Å². The fraction of sp³-hybridized carbons (Fsp3) is 0.545. The number of carboxylic acid groups (broad SMARTS) is 1. The summed E-state index contributed by atoms with van der Waals surface area (Å²) in [5, 5.41) is 22.9. The summed E-state index contributed by atoms with van der Waals surface area (Å²) in [4.78, 5) is 28.9. The largest absolute Gasteiger partial charge is 0.481 e. The van der Waals surface area contributed by atoms with Crippen molar-refractivity contribution in [3.05, 3.63) is 16.4 Å². The second-order valence-electron chi connectivity index (χ2n) is 4.53. The monoisotopic (exact) mass is 282 g/mol. The highest BCUT2D eigenvalue weighted by molar-refractivity contribution is 5.70. The quantitative estimate of drug-likeness (QED) is 0.606. The van der Waals surface area contributed by atoms with Gasteiger partial charge in [0.05, 0.1) is 18.0 Å². The van der Waals surface area contributed by atoms with Gasteiger partial charge in [0, 0.05) is 6.04 Å². The molecule has 1 fully saturated rings. The first-order valence-electron chi connectivity index (χ1n) is 6.05. The molecule has 0 saturated heterocycles. The molecule has 9 nitrogen and oxygen atoms in total. The first-order valence-corrected chi connectivity index (χ1v) is 6.05. The molecule has 2 atom stereocenters. The molecule has 1 saturated carbocycles. The van der Waals surface area contributed by atoms with E-state index in [4.69, 9.17) is 9.84 Å². The van der Waals surface area contributed by atoms with Crippen LogP contribution in [0.25, 0.3) is 0 Å². The normalized spacial score (nSPS) is 21.4. The van der Waals surface area contributed by atoms with Crippen molar-refractivity contribution in [2.45, 2.75) is 25.3 Å². The Balaban J connectivity index is 2.18. The van der Waals surface area contributed by atoms with Crippen LogP contribution in [-0.2, 0) is 4.79 Å². The zero-order valence-corrected chi connectivity index (χ0v) is 10.8. The van der Waals surface area contributed by atoms with Gasteiger partial charge >= 0.3 is 11.7 Å². The predicted octanol–water partition coefficient (Wildman–Crippen LogP) is 1.06. The third-order valence-corrected chi connectivity index (χ3v) is 3.29. The van der Waals surface area contributed by atoms with Crippen molar-refractivity contribution < 1.29 is 19.6 Å². The molecule has 1 heterocycles. The highest BCUT2D eigenvalue weighted by atomic mass is 16.6. The maximum atomic E-state index is 11.1. The molecule has 108 valence electrons. The van der Waals surface area contributed by atoms with Crippen LogP contribution in [0.2, 0.25) is 0 Å². The van der Waals surface area contributed by atoms with Crippen LogP contribution in [0.5, 0.6) is 5.88 Å². The van der Waals surface area contributed by atoms with Gasteiger partial charge in [0.2, 0.25) is 5.82 Å². The fourth-order valence-corrected chi connectivity index (χ4v) is 2.31. The smallest absolute Gasteiger partial charge is 0.372 e. The number of carboxylic acids is 1. The van der Waals surface area contributed by atoms with Crippen molar-refractivity contribution in [2.24, 2.45) is 5.92 Å². The SMILES string of the molecule is COc1ncnc(N[C@H]2CC[C@@H](C(=O)O)C2)c1[N+](=O)[O-]. The van der Waals surface area contributed by atoms with E-state index in [1.54, 1.807) is 0 Å². The van der Waals surface area contributed by atoms with Gasteiger partial charge in [0.15, 0.2) is 0 Å². The maximum Gasteiger partial charge on any atom is 0.372 e. The molecular weight excluding hydrogens is 268 g/mol. The molecule has 20 heavy (non-hydrogen) atoms. The molecular formula is C11H14N4O5. The number of anilines is 1. The summed E-state index contributed by atoms with van der Waals surface area (Å²) < 4.78 is 4.84. The van der Waals surface area contributed by atoms with E-state index in [-0.39, 0.29) is 23.4 Å². The third kappa shape index (κ3) is 2.76. The summed E-state index contributed by atoms with van der Waals surface area (Å²) >= 11 is 0. The fourth-order valence-electron chi connectivity index (χ4n) is 2.31. The molecule has 0 unspecified atom stereocenters. The molecule has 0 amide bonds. The summed E-state index contributed by atoms with van der Waals surface area (Å²) in [5.41, 5.74) is -0.339. The third-order valence-electron chi connectivity index (χ3n) is 3.29. The summed E-state index contributed by atoms with van der Waals surface area (Å²) in [6, 6.07) is -0.158. The standard InChI is InChI=1S/C11H14N4O5/c1-20-10-8(15(18)19)9(12-5-13-10)14-7-3-2-6(4-7)11(16)17/h5-7H,2-4H2,1H3,(H,16,17)(H,12,13,14)/t6-,7+/m1/s1. The lowest BCUT2D eigenvalue weighted by molar-refractivity contribution is -0.385. The van der Waals surface area contributed by atoms with Gasteiger partial charge in [-0.2, -0.15) is 4.98 Å². The van der Waals surface area contributed by atoms with Crippen molar-refractivity contribution in [3.63, 3.8) is 0 Å². The molecule has 1 aromatic heterocycles. The number of nitrogens with one attached hydrogen (secondary N) is 1. The van der Waals surface area contributed by atoms with Crippen LogP contribution in [0.4, 0.5) is 11.5 Å². The van der Waals surface area contributed by atoms with E-state index >= 15 is 0 Å². The Morgan fingerprint density at radius 2 is 2.30 bits per heavy atom. The van der Waals surface area contributed by atoms with E-state index in [0.717, 1.165) is 6.33 Å². The van der Waals surface area contributed by atoms with E-state index < -0.39 is 16.8 Å². The Kier molecular flexibility index (Phi) is 3.97. The number of rotatable bonds is 5. The number of hydrogen-bond donors (Lipinski definition) is 2. The zero-order chi connectivity index (χ0) is 14.7. The number of aliphatic carboxylic acids is 1. The molecule has 0 aromatic carbocycles. The van der Waals surface area contributed by atoms with Gasteiger partial charge in [-0.05, 0) is 19.3 Å². The van der Waals surface area contributed by atoms with E-state index in [1.807, 2.05) is 0 Å². The Labute approximate surface area is 114 Å². The van der Waals surface area contributed by atoms with Crippen LogP contribution in [0, 0.1) is 16.0 Å². The summed E-state index contributed by atoms with van der Waals surface area (Å²) in [6.45, 7) is 0. The van der Waals surface area contributed by atoms with Gasteiger partial charge in [0.25, 0.3) is 5.88 Å². The Morgan fingerprint density at radius 1 is 1.55 bits per heavy atom. The second kappa shape index (κ2) is 5.68. The highest BCUT2D eigenvalue weighted by Crippen LogP contribution is 2.34. The lowest BCUT2D eigenvalue weighted by Crippen LogP contribution is -2.19. The molecule has 0 radical (unpaired) electrons. The van der Waals surface area contributed by atoms with E-state index in [2.05, 4.69) is 15.3 Å². The lowest BCUT2D eigenvalue weighted by atomic mass is 10.1. The number of methoxy groups -OCH3 is 1. The average molecular weight is 282 g/mol. The van der Waals surface area contributed by atoms with Gasteiger partial charge in [-0.15, -0.1) is 0 Å². The van der Waals surface area contributed by atoms with Crippen molar-refractivity contribution in [1.29, 1.82) is 0 Å². The Morgan fingerprint density at radius 3 is 2.85 bits per heavy atom. The molecule has 2 N–H and O–H groups in total. The number of carbonyl (C=O) groups is 1. The zero-order valence-electron chi connectivity index (χ0n) is 10.8. The van der Waals surface area contributed by atoms with Gasteiger partial charge in [-0.25, -0.2) is 4.98 Å². The summed E-state index contributed by atoms with van der Waals surface area (Å²) in [6.07, 6.45) is 2.75. The van der Waals surface area contributed by atoms with E-state index in [1.165, 1.54) is 7.11 Å². The molecule has 9 heteroatoms. The number of hydrogen-bond acceptors (Lipinski definition) is 7.